The van der Waals surface area contributed by atoms with Crippen molar-refractivity contribution in [3.05, 3.63) is 18.1 Å². The number of hydrogen-bond acceptors (Lipinski definition) is 4. The molecule has 1 N–H and O–H groups in total. The van der Waals surface area contributed by atoms with E-state index < -0.39 is 0 Å². The molecule has 19 heavy (non-hydrogen) atoms. The van der Waals surface area contributed by atoms with Gasteiger partial charge < -0.3 is 10.2 Å². The second-order valence-electron chi connectivity index (χ2n) is 5.45. The number of hydrogen-bond donors (Lipinski definition) is 1. The van der Waals surface area contributed by atoms with Crippen molar-refractivity contribution < 1.29 is 0 Å². The van der Waals surface area contributed by atoms with Crippen molar-refractivity contribution in [2.24, 2.45) is 0 Å². The highest BCUT2D eigenvalue weighted by Crippen LogP contribution is 2.24. The van der Waals surface area contributed by atoms with Gasteiger partial charge in [0.1, 0.15) is 5.82 Å². The minimum atomic E-state index is 0.641. The highest BCUT2D eigenvalue weighted by molar-refractivity contribution is 5.36. The first-order valence-corrected chi connectivity index (χ1v) is 7.55. The van der Waals surface area contributed by atoms with Crippen LogP contribution in [-0.2, 0) is 6.54 Å². The van der Waals surface area contributed by atoms with Gasteiger partial charge in [-0.1, -0.05) is 26.2 Å². The number of rotatable bonds is 6. The van der Waals surface area contributed by atoms with Gasteiger partial charge in [-0.05, 0) is 25.8 Å². The van der Waals surface area contributed by atoms with Crippen LogP contribution in [0.2, 0.25) is 0 Å². The van der Waals surface area contributed by atoms with E-state index in [1.807, 2.05) is 12.4 Å². The molecule has 1 saturated carbocycles. The molecule has 4 heteroatoms. The number of anilines is 1. The topological polar surface area (TPSA) is 41.1 Å². The van der Waals surface area contributed by atoms with E-state index in [1.54, 1.807) is 0 Å². The maximum absolute atomic E-state index is 4.72. The molecule has 1 aliphatic carbocycles. The smallest absolute Gasteiger partial charge is 0.147 e. The van der Waals surface area contributed by atoms with E-state index in [-0.39, 0.29) is 0 Å². The summed E-state index contributed by atoms with van der Waals surface area (Å²) in [4.78, 5) is 11.4. The van der Waals surface area contributed by atoms with Crippen LogP contribution in [0.15, 0.2) is 12.4 Å². The fraction of sp³-hybridized carbons (Fsp3) is 0.733. The largest absolute Gasteiger partial charge is 0.355 e. The Balaban J connectivity index is 1.96. The standard InChI is InChI=1S/C15H26N4/c1-3-9-16-10-13-11-17-12-15(18-13)19(2)14-7-5-4-6-8-14/h11-12,14,16H,3-10H2,1-2H3. The average molecular weight is 262 g/mol. The van der Waals surface area contributed by atoms with Crippen molar-refractivity contribution >= 4 is 5.82 Å². The van der Waals surface area contributed by atoms with Crippen molar-refractivity contribution in [3.8, 4) is 0 Å². The van der Waals surface area contributed by atoms with Gasteiger partial charge in [-0.25, -0.2) is 4.98 Å². The Bertz CT molecular complexity index is 374. The second kappa shape index (κ2) is 7.43. The predicted octanol–water partition coefficient (Wildman–Crippen LogP) is 2.75. The molecule has 1 aromatic rings. The third kappa shape index (κ3) is 4.16. The third-order valence-electron chi connectivity index (χ3n) is 3.89. The molecular formula is C15H26N4. The number of aromatic nitrogens is 2. The van der Waals surface area contributed by atoms with Gasteiger partial charge in [0.15, 0.2) is 0 Å². The van der Waals surface area contributed by atoms with Gasteiger partial charge in [-0.3, -0.25) is 4.98 Å². The van der Waals surface area contributed by atoms with E-state index >= 15 is 0 Å². The first-order chi connectivity index (χ1) is 9.31. The summed E-state index contributed by atoms with van der Waals surface area (Å²) in [5.74, 6) is 1.02. The molecule has 2 rings (SSSR count). The molecule has 1 aromatic heterocycles. The van der Waals surface area contributed by atoms with Crippen molar-refractivity contribution in [2.45, 2.75) is 58.0 Å². The summed E-state index contributed by atoms with van der Waals surface area (Å²) in [6.07, 6.45) is 11.6. The molecule has 1 fully saturated rings. The van der Waals surface area contributed by atoms with Crippen LogP contribution in [0.25, 0.3) is 0 Å². The van der Waals surface area contributed by atoms with Crippen molar-refractivity contribution in [3.63, 3.8) is 0 Å². The van der Waals surface area contributed by atoms with Gasteiger partial charge in [0.25, 0.3) is 0 Å². The van der Waals surface area contributed by atoms with Gasteiger partial charge in [-0.15, -0.1) is 0 Å². The second-order valence-corrected chi connectivity index (χ2v) is 5.45. The fourth-order valence-electron chi connectivity index (χ4n) is 2.70. The lowest BCUT2D eigenvalue weighted by atomic mass is 9.94. The lowest BCUT2D eigenvalue weighted by Gasteiger charge is -2.32. The zero-order valence-electron chi connectivity index (χ0n) is 12.2. The summed E-state index contributed by atoms with van der Waals surface area (Å²) < 4.78 is 0. The van der Waals surface area contributed by atoms with Crippen LogP contribution in [0.1, 0.15) is 51.1 Å². The third-order valence-corrected chi connectivity index (χ3v) is 3.89. The summed E-state index contributed by atoms with van der Waals surface area (Å²) in [6.45, 7) is 4.02. The molecule has 0 atom stereocenters. The van der Waals surface area contributed by atoms with Crippen LogP contribution in [0.5, 0.6) is 0 Å². The van der Waals surface area contributed by atoms with E-state index in [4.69, 9.17) is 4.98 Å². The van der Waals surface area contributed by atoms with E-state index in [1.165, 1.54) is 32.1 Å². The van der Waals surface area contributed by atoms with Crippen molar-refractivity contribution in [2.75, 3.05) is 18.5 Å². The molecule has 0 radical (unpaired) electrons. The molecule has 0 spiro atoms. The van der Waals surface area contributed by atoms with Crippen molar-refractivity contribution in [1.29, 1.82) is 0 Å². The van der Waals surface area contributed by atoms with Crippen LogP contribution in [0.3, 0.4) is 0 Å². The Hall–Kier alpha value is -1.16. The summed E-state index contributed by atoms with van der Waals surface area (Å²) >= 11 is 0. The summed E-state index contributed by atoms with van der Waals surface area (Å²) in [5.41, 5.74) is 1.04. The van der Waals surface area contributed by atoms with E-state index in [0.717, 1.165) is 31.0 Å². The highest BCUT2D eigenvalue weighted by atomic mass is 15.2. The molecule has 106 valence electrons. The zero-order chi connectivity index (χ0) is 13.5. The van der Waals surface area contributed by atoms with Crippen LogP contribution >= 0.6 is 0 Å². The molecule has 4 nitrogen and oxygen atoms in total. The maximum Gasteiger partial charge on any atom is 0.147 e. The molecule has 0 aromatic carbocycles. The SMILES string of the molecule is CCCNCc1cncc(N(C)C2CCCCC2)n1. The summed E-state index contributed by atoms with van der Waals surface area (Å²) in [5, 5.41) is 3.38. The number of nitrogens with zero attached hydrogens (tertiary/aromatic N) is 3. The molecule has 0 aliphatic heterocycles. The predicted molar refractivity (Wildman–Crippen MR) is 79.3 cm³/mol. The van der Waals surface area contributed by atoms with E-state index in [2.05, 4.69) is 29.2 Å². The highest BCUT2D eigenvalue weighted by Gasteiger charge is 2.19. The molecule has 0 amide bonds. The van der Waals surface area contributed by atoms with Crippen molar-refractivity contribution in [1.82, 2.24) is 15.3 Å². The Morgan fingerprint density at radius 2 is 2.05 bits per heavy atom. The maximum atomic E-state index is 4.72. The quantitative estimate of drug-likeness (QED) is 0.800. The van der Waals surface area contributed by atoms with E-state index in [9.17, 15) is 0 Å². The molecule has 0 unspecified atom stereocenters. The minimum Gasteiger partial charge on any atom is -0.355 e. The van der Waals surface area contributed by atoms with Crippen LogP contribution in [-0.4, -0.2) is 29.6 Å². The zero-order valence-corrected chi connectivity index (χ0v) is 12.2. The Morgan fingerprint density at radius 1 is 1.26 bits per heavy atom. The Labute approximate surface area is 116 Å². The summed E-state index contributed by atoms with van der Waals surface area (Å²) in [6, 6.07) is 0.641. The van der Waals surface area contributed by atoms with Gasteiger partial charge >= 0.3 is 0 Å². The number of nitrogens with one attached hydrogen (secondary N) is 1. The minimum absolute atomic E-state index is 0.641. The fourth-order valence-corrected chi connectivity index (χ4v) is 2.70. The van der Waals surface area contributed by atoms with E-state index in [0.29, 0.717) is 6.04 Å². The van der Waals surface area contributed by atoms with Crippen LogP contribution < -0.4 is 10.2 Å². The summed E-state index contributed by atoms with van der Waals surface area (Å²) in [7, 11) is 2.16. The lowest BCUT2D eigenvalue weighted by Crippen LogP contribution is -2.34. The lowest BCUT2D eigenvalue weighted by molar-refractivity contribution is 0.425. The Morgan fingerprint density at radius 3 is 2.79 bits per heavy atom. The monoisotopic (exact) mass is 262 g/mol. The van der Waals surface area contributed by atoms with Gasteiger partial charge in [0.05, 0.1) is 11.9 Å². The molecule has 0 bridgehead atoms. The molecule has 1 aliphatic rings. The van der Waals surface area contributed by atoms with Crippen LogP contribution in [0.4, 0.5) is 5.82 Å². The van der Waals surface area contributed by atoms with Crippen LogP contribution in [0, 0.1) is 0 Å². The molecule has 0 saturated heterocycles. The average Bonchev–Trinajstić information content (AvgIpc) is 2.48. The first-order valence-electron chi connectivity index (χ1n) is 7.55. The van der Waals surface area contributed by atoms with Gasteiger partial charge in [0, 0.05) is 25.8 Å². The molecule has 1 heterocycles. The van der Waals surface area contributed by atoms with Gasteiger partial charge in [0.2, 0.25) is 0 Å². The Kier molecular flexibility index (Phi) is 5.58. The van der Waals surface area contributed by atoms with Gasteiger partial charge in [-0.2, -0.15) is 0 Å². The first kappa shape index (κ1) is 14.3. The normalized spacial score (nSPS) is 16.5. The molecular weight excluding hydrogens is 236 g/mol.